The maximum absolute atomic E-state index is 13.5. The largest absolute Gasteiger partial charge is 0.478 e. The Morgan fingerprint density at radius 2 is 2.16 bits per heavy atom. The van der Waals surface area contributed by atoms with Gasteiger partial charge in [0.05, 0.1) is 17.4 Å². The van der Waals surface area contributed by atoms with Crippen LogP contribution in [0.3, 0.4) is 0 Å². The Bertz CT molecular complexity index is 479. The maximum atomic E-state index is 13.5. The molecule has 0 saturated carbocycles. The van der Waals surface area contributed by atoms with Crippen molar-refractivity contribution in [2.75, 3.05) is 19.0 Å². The van der Waals surface area contributed by atoms with Crippen LogP contribution in [0.2, 0.25) is 0 Å². The lowest BCUT2D eigenvalue weighted by Crippen LogP contribution is -2.35. The Morgan fingerprint density at radius 3 is 2.74 bits per heavy atom. The molecule has 0 aliphatic carbocycles. The van der Waals surface area contributed by atoms with Gasteiger partial charge in [-0.15, -0.1) is 0 Å². The van der Waals surface area contributed by atoms with E-state index in [0.717, 1.165) is 6.07 Å². The molecule has 1 rings (SSSR count). The predicted molar refractivity (Wildman–Crippen MR) is 66.9 cm³/mol. The van der Waals surface area contributed by atoms with E-state index < -0.39 is 17.8 Å². The molecule has 3 N–H and O–H groups in total. The number of nitrogens with one attached hydrogen (secondary N) is 2. The van der Waals surface area contributed by atoms with Gasteiger partial charge in [0.2, 0.25) is 0 Å². The summed E-state index contributed by atoms with van der Waals surface area (Å²) in [5.41, 5.74) is -0.674. The number of halogens is 1. The van der Waals surface area contributed by atoms with E-state index in [2.05, 4.69) is 10.6 Å². The first-order valence-corrected chi connectivity index (χ1v) is 5.55. The Balaban J connectivity index is 2.76. The fraction of sp³-hybridized carbons (Fsp3) is 0.333. The van der Waals surface area contributed by atoms with E-state index in [0.29, 0.717) is 0 Å². The van der Waals surface area contributed by atoms with E-state index in [1.807, 2.05) is 0 Å². The van der Waals surface area contributed by atoms with Crippen molar-refractivity contribution < 1.29 is 23.8 Å². The van der Waals surface area contributed by atoms with Crippen LogP contribution in [0.25, 0.3) is 0 Å². The number of rotatable bonds is 5. The molecule has 0 aliphatic rings. The molecule has 0 bridgehead atoms. The molecule has 0 fully saturated rings. The number of hydrogen-bond acceptors (Lipinski definition) is 3. The first-order chi connectivity index (χ1) is 8.95. The number of methoxy groups -OCH3 is 1. The molecule has 2 amide bonds. The minimum absolute atomic E-state index is 0.203. The third-order valence-electron chi connectivity index (χ3n) is 2.43. The molecule has 0 spiro atoms. The zero-order valence-electron chi connectivity index (χ0n) is 10.6. The Hall–Kier alpha value is -2.15. The molecule has 1 unspecified atom stereocenters. The van der Waals surface area contributed by atoms with Crippen molar-refractivity contribution >= 4 is 17.7 Å². The van der Waals surface area contributed by atoms with Crippen LogP contribution in [0.1, 0.15) is 17.3 Å². The summed E-state index contributed by atoms with van der Waals surface area (Å²) in [5.74, 6) is -2.13. The van der Waals surface area contributed by atoms with Gasteiger partial charge in [-0.05, 0) is 19.1 Å². The highest BCUT2D eigenvalue weighted by Crippen LogP contribution is 2.19. The monoisotopic (exact) mass is 270 g/mol. The van der Waals surface area contributed by atoms with Crippen LogP contribution in [-0.4, -0.2) is 36.9 Å². The summed E-state index contributed by atoms with van der Waals surface area (Å²) < 4.78 is 18.4. The van der Waals surface area contributed by atoms with E-state index in [1.54, 1.807) is 6.92 Å². The molecular formula is C12H15FN2O4. The van der Waals surface area contributed by atoms with E-state index in [1.165, 1.54) is 19.2 Å². The van der Waals surface area contributed by atoms with Gasteiger partial charge >= 0.3 is 12.0 Å². The molecule has 0 heterocycles. The molecule has 104 valence electrons. The summed E-state index contributed by atoms with van der Waals surface area (Å²) in [6.07, 6.45) is -0.203. The number of benzene rings is 1. The van der Waals surface area contributed by atoms with Gasteiger partial charge in [0.25, 0.3) is 0 Å². The first-order valence-electron chi connectivity index (χ1n) is 5.55. The summed E-state index contributed by atoms with van der Waals surface area (Å²) in [4.78, 5) is 22.4. The molecule has 1 atom stereocenters. The van der Waals surface area contributed by atoms with Gasteiger partial charge in [-0.25, -0.2) is 14.0 Å². The minimum Gasteiger partial charge on any atom is -0.478 e. The topological polar surface area (TPSA) is 87.7 Å². The van der Waals surface area contributed by atoms with Crippen molar-refractivity contribution in [3.05, 3.63) is 29.6 Å². The fourth-order valence-electron chi connectivity index (χ4n) is 1.31. The molecule has 1 aromatic carbocycles. The second kappa shape index (κ2) is 6.69. The average Bonchev–Trinajstić information content (AvgIpc) is 2.38. The maximum Gasteiger partial charge on any atom is 0.337 e. The summed E-state index contributed by atoms with van der Waals surface area (Å²) in [7, 11) is 1.49. The van der Waals surface area contributed by atoms with Crippen molar-refractivity contribution in [2.24, 2.45) is 0 Å². The van der Waals surface area contributed by atoms with Gasteiger partial charge in [0.1, 0.15) is 5.82 Å². The number of para-hydroxylation sites is 1. The lowest BCUT2D eigenvalue weighted by Gasteiger charge is -2.13. The van der Waals surface area contributed by atoms with Crippen LogP contribution >= 0.6 is 0 Å². The van der Waals surface area contributed by atoms with Crippen LogP contribution in [0.5, 0.6) is 0 Å². The summed E-state index contributed by atoms with van der Waals surface area (Å²) in [5, 5.41) is 13.5. The van der Waals surface area contributed by atoms with Crippen LogP contribution in [0, 0.1) is 5.82 Å². The predicted octanol–water partition coefficient (Wildman–Crippen LogP) is 1.68. The van der Waals surface area contributed by atoms with Gasteiger partial charge < -0.3 is 20.5 Å². The van der Waals surface area contributed by atoms with E-state index >= 15 is 0 Å². The highest BCUT2D eigenvalue weighted by atomic mass is 19.1. The lowest BCUT2D eigenvalue weighted by molar-refractivity contribution is 0.0697. The zero-order chi connectivity index (χ0) is 14.4. The summed E-state index contributed by atoms with van der Waals surface area (Å²) in [6.45, 7) is 1.96. The highest BCUT2D eigenvalue weighted by Gasteiger charge is 2.16. The van der Waals surface area contributed by atoms with Crippen molar-refractivity contribution in [2.45, 2.75) is 13.0 Å². The van der Waals surface area contributed by atoms with Crippen LogP contribution in [0.15, 0.2) is 18.2 Å². The standard InChI is InChI=1S/C12H15FN2O4/c1-7(19-2)6-14-12(18)15-10-8(11(16)17)4-3-5-9(10)13/h3-5,7H,6H2,1-2H3,(H,16,17)(H2,14,15,18). The normalized spacial score (nSPS) is 11.7. The van der Waals surface area contributed by atoms with Gasteiger partial charge in [0, 0.05) is 13.7 Å². The second-order valence-electron chi connectivity index (χ2n) is 3.85. The van der Waals surface area contributed by atoms with E-state index in [4.69, 9.17) is 9.84 Å². The van der Waals surface area contributed by atoms with Crippen molar-refractivity contribution in [3.8, 4) is 0 Å². The Morgan fingerprint density at radius 1 is 1.47 bits per heavy atom. The average molecular weight is 270 g/mol. The number of aromatic carboxylic acids is 1. The third kappa shape index (κ3) is 4.22. The third-order valence-corrected chi connectivity index (χ3v) is 2.43. The lowest BCUT2D eigenvalue weighted by atomic mass is 10.1. The Labute approximate surface area is 109 Å². The summed E-state index contributed by atoms with van der Waals surface area (Å²) >= 11 is 0. The van der Waals surface area contributed by atoms with Gasteiger partial charge in [0.15, 0.2) is 0 Å². The van der Waals surface area contributed by atoms with Crippen molar-refractivity contribution in [1.82, 2.24) is 5.32 Å². The number of carboxylic acids is 1. The smallest absolute Gasteiger partial charge is 0.337 e. The van der Waals surface area contributed by atoms with Gasteiger partial charge in [-0.2, -0.15) is 0 Å². The highest BCUT2D eigenvalue weighted by molar-refractivity contribution is 6.00. The van der Waals surface area contributed by atoms with Crippen molar-refractivity contribution in [1.29, 1.82) is 0 Å². The van der Waals surface area contributed by atoms with Gasteiger partial charge in [-0.1, -0.05) is 6.07 Å². The molecule has 0 radical (unpaired) electrons. The molecule has 6 nitrogen and oxygen atoms in total. The Kier molecular flexibility index (Phi) is 5.25. The zero-order valence-corrected chi connectivity index (χ0v) is 10.6. The first kappa shape index (κ1) is 14.9. The molecule has 19 heavy (non-hydrogen) atoms. The summed E-state index contributed by atoms with van der Waals surface area (Å²) in [6, 6.07) is 2.84. The van der Waals surface area contributed by atoms with Crippen LogP contribution in [-0.2, 0) is 4.74 Å². The number of ether oxygens (including phenoxy) is 1. The number of urea groups is 1. The minimum atomic E-state index is -1.32. The van der Waals surface area contributed by atoms with Crippen LogP contribution in [0.4, 0.5) is 14.9 Å². The second-order valence-corrected chi connectivity index (χ2v) is 3.85. The van der Waals surface area contributed by atoms with Gasteiger partial charge in [-0.3, -0.25) is 0 Å². The number of amides is 2. The molecule has 1 aromatic rings. The quantitative estimate of drug-likeness (QED) is 0.759. The van der Waals surface area contributed by atoms with E-state index in [9.17, 15) is 14.0 Å². The van der Waals surface area contributed by atoms with Crippen molar-refractivity contribution in [3.63, 3.8) is 0 Å². The van der Waals surface area contributed by atoms with E-state index in [-0.39, 0.29) is 23.9 Å². The molecule has 0 aliphatic heterocycles. The number of carbonyl (C=O) groups is 2. The van der Waals surface area contributed by atoms with Crippen LogP contribution < -0.4 is 10.6 Å². The SMILES string of the molecule is COC(C)CNC(=O)Nc1c(F)cccc1C(=O)O. The molecular weight excluding hydrogens is 255 g/mol. The fourth-order valence-corrected chi connectivity index (χ4v) is 1.31. The number of hydrogen-bond donors (Lipinski definition) is 3. The number of carboxylic acid groups (broad SMARTS) is 1. The number of anilines is 1. The number of carbonyl (C=O) groups excluding carboxylic acids is 1. The molecule has 7 heteroatoms. The molecule has 0 aromatic heterocycles. The molecule has 0 saturated heterocycles.